The van der Waals surface area contributed by atoms with E-state index >= 15 is 0 Å². The molecule has 0 aliphatic carbocycles. The Kier molecular flexibility index (Phi) is 6.53. The van der Waals surface area contributed by atoms with Crippen LogP contribution in [0.3, 0.4) is 0 Å². The lowest BCUT2D eigenvalue weighted by Gasteiger charge is -2.23. The minimum atomic E-state index is -1.47. The predicted octanol–water partition coefficient (Wildman–Crippen LogP) is 2.20. The molecule has 0 amide bonds. The van der Waals surface area contributed by atoms with Crippen LogP contribution < -0.4 is 5.73 Å². The fraction of sp³-hybridized carbons (Fsp3) is 0.316. The number of benzene rings is 1. The molecule has 0 saturated carbocycles. The van der Waals surface area contributed by atoms with Crippen LogP contribution in [0, 0.1) is 11.3 Å². The van der Waals surface area contributed by atoms with Gasteiger partial charge >= 0.3 is 11.9 Å². The van der Waals surface area contributed by atoms with Gasteiger partial charge in [-0.15, -0.1) is 0 Å². The molecule has 1 aromatic carbocycles. The number of nitrogens with zero attached hydrogens (tertiary/aromatic N) is 3. The maximum Gasteiger partial charge on any atom is 0.338 e. The molecular formula is C19H20N4O3. The summed E-state index contributed by atoms with van der Waals surface area (Å²) in [4.78, 5) is 33.2. The third kappa shape index (κ3) is 4.71. The van der Waals surface area contributed by atoms with Crippen molar-refractivity contribution in [3.8, 4) is 6.07 Å². The Bertz CT molecular complexity index is 785. The lowest BCUT2D eigenvalue weighted by molar-refractivity contribution is -0.164. The number of nitriles is 1. The minimum absolute atomic E-state index is 0.252. The number of aromatic nitrogens is 2. The molecule has 0 bridgehead atoms. The van der Waals surface area contributed by atoms with Crippen molar-refractivity contribution in [2.45, 2.75) is 37.6 Å². The smallest absolute Gasteiger partial charge is 0.338 e. The van der Waals surface area contributed by atoms with Gasteiger partial charge in [0.15, 0.2) is 0 Å². The zero-order valence-corrected chi connectivity index (χ0v) is 14.5. The van der Waals surface area contributed by atoms with Crippen LogP contribution >= 0.6 is 0 Å². The van der Waals surface area contributed by atoms with E-state index in [0.717, 1.165) is 0 Å². The highest BCUT2D eigenvalue weighted by Gasteiger charge is 2.36. The summed E-state index contributed by atoms with van der Waals surface area (Å²) in [5.41, 5.74) is 5.16. The van der Waals surface area contributed by atoms with E-state index in [0.29, 0.717) is 18.4 Å². The van der Waals surface area contributed by atoms with Crippen LogP contribution in [-0.4, -0.2) is 21.9 Å². The number of rotatable bonds is 7. The van der Waals surface area contributed by atoms with Crippen molar-refractivity contribution < 1.29 is 14.3 Å². The van der Waals surface area contributed by atoms with Crippen molar-refractivity contribution in [3.63, 3.8) is 0 Å². The quantitative estimate of drug-likeness (QED) is 0.461. The molecule has 7 heteroatoms. The number of carbonyl (C=O) groups excluding carboxylic acids is 2. The van der Waals surface area contributed by atoms with Crippen molar-refractivity contribution >= 4 is 11.9 Å². The molecule has 2 unspecified atom stereocenters. The molecule has 2 N–H and O–H groups in total. The summed E-state index contributed by atoms with van der Waals surface area (Å²) < 4.78 is 5.05. The first-order valence-corrected chi connectivity index (χ1v) is 8.21. The number of hydrogen-bond donors (Lipinski definition) is 1. The van der Waals surface area contributed by atoms with Crippen molar-refractivity contribution in [2.24, 2.45) is 5.73 Å². The zero-order valence-electron chi connectivity index (χ0n) is 14.5. The van der Waals surface area contributed by atoms with Crippen molar-refractivity contribution in [2.75, 3.05) is 0 Å². The maximum absolute atomic E-state index is 12.6. The summed E-state index contributed by atoms with van der Waals surface area (Å²) in [7, 11) is 0. The van der Waals surface area contributed by atoms with Gasteiger partial charge in [-0.3, -0.25) is 4.79 Å². The van der Waals surface area contributed by atoms with Crippen molar-refractivity contribution in [1.82, 2.24) is 9.97 Å². The summed E-state index contributed by atoms with van der Waals surface area (Å²) in [6, 6.07) is 12.3. The Morgan fingerprint density at radius 3 is 2.50 bits per heavy atom. The molecule has 0 fully saturated rings. The van der Waals surface area contributed by atoms with Gasteiger partial charge in [-0.2, -0.15) is 5.26 Å². The predicted molar refractivity (Wildman–Crippen MR) is 93.3 cm³/mol. The standard InChI is InChI=1S/C19H20N4O3/c1-19(21,14-8-3-2-4-9-14)18(25)26-17(24)15(10-5-6-11-20)16-22-12-7-13-23-16/h2-4,7-9,12-13,15H,5-6,10,21H2,1H3. The largest absolute Gasteiger partial charge is 0.391 e. The number of hydrogen-bond acceptors (Lipinski definition) is 7. The van der Waals surface area contributed by atoms with E-state index in [1.807, 2.05) is 6.07 Å². The van der Waals surface area contributed by atoms with E-state index in [-0.39, 0.29) is 12.2 Å². The maximum atomic E-state index is 12.6. The fourth-order valence-corrected chi connectivity index (χ4v) is 2.40. The van der Waals surface area contributed by atoms with Gasteiger partial charge in [0, 0.05) is 18.8 Å². The van der Waals surface area contributed by atoms with E-state index < -0.39 is 23.4 Å². The molecule has 0 radical (unpaired) electrons. The van der Waals surface area contributed by atoms with E-state index in [1.165, 1.54) is 19.3 Å². The molecule has 1 heterocycles. The molecule has 134 valence electrons. The van der Waals surface area contributed by atoms with Gasteiger partial charge in [0.05, 0.1) is 6.07 Å². The van der Waals surface area contributed by atoms with Crippen LogP contribution in [0.25, 0.3) is 0 Å². The molecule has 2 aromatic rings. The molecule has 26 heavy (non-hydrogen) atoms. The summed E-state index contributed by atoms with van der Waals surface area (Å²) in [6.07, 6.45) is 4.05. The lowest BCUT2D eigenvalue weighted by Crippen LogP contribution is -2.44. The molecule has 0 aliphatic rings. The Hall–Kier alpha value is -3.11. The van der Waals surface area contributed by atoms with Gasteiger partial charge in [-0.25, -0.2) is 14.8 Å². The number of esters is 2. The van der Waals surface area contributed by atoms with Gasteiger partial charge in [0.25, 0.3) is 0 Å². The topological polar surface area (TPSA) is 119 Å². The number of nitrogens with two attached hydrogens (primary N) is 1. The van der Waals surface area contributed by atoms with Gasteiger partial charge in [-0.05, 0) is 31.4 Å². The second-order valence-corrected chi connectivity index (χ2v) is 5.99. The van der Waals surface area contributed by atoms with Crippen molar-refractivity contribution in [1.29, 1.82) is 5.26 Å². The number of ether oxygens (including phenoxy) is 1. The van der Waals surface area contributed by atoms with Gasteiger partial charge < -0.3 is 10.5 Å². The molecule has 2 rings (SSSR count). The number of carbonyl (C=O) groups is 2. The van der Waals surface area contributed by atoms with E-state index in [2.05, 4.69) is 9.97 Å². The van der Waals surface area contributed by atoms with E-state index in [9.17, 15) is 9.59 Å². The third-order valence-corrected chi connectivity index (χ3v) is 3.95. The molecule has 0 saturated heterocycles. The van der Waals surface area contributed by atoms with Gasteiger partial charge in [0.1, 0.15) is 17.3 Å². The molecule has 1 aromatic heterocycles. The van der Waals surface area contributed by atoms with E-state index in [4.69, 9.17) is 15.7 Å². The SMILES string of the molecule is CC(N)(C(=O)OC(=O)C(CCCC#N)c1ncccn1)c1ccccc1. The first-order chi connectivity index (χ1) is 12.5. The van der Waals surface area contributed by atoms with Crippen LogP contribution in [0.5, 0.6) is 0 Å². The summed E-state index contributed by atoms with van der Waals surface area (Å²) in [5.74, 6) is -2.21. The number of unbranched alkanes of at least 4 members (excludes halogenated alkanes) is 1. The Balaban J connectivity index is 2.15. The normalized spacial score (nSPS) is 13.9. The van der Waals surface area contributed by atoms with Gasteiger partial charge in [-0.1, -0.05) is 30.3 Å². The Labute approximate surface area is 151 Å². The van der Waals surface area contributed by atoms with Crippen LogP contribution in [0.15, 0.2) is 48.8 Å². The first kappa shape index (κ1) is 19.2. The second-order valence-electron chi connectivity index (χ2n) is 5.99. The first-order valence-electron chi connectivity index (χ1n) is 8.21. The molecule has 0 spiro atoms. The average Bonchev–Trinajstić information content (AvgIpc) is 2.66. The third-order valence-electron chi connectivity index (χ3n) is 3.95. The lowest BCUT2D eigenvalue weighted by atomic mass is 9.93. The second kappa shape index (κ2) is 8.83. The monoisotopic (exact) mass is 352 g/mol. The van der Waals surface area contributed by atoms with Crippen LogP contribution in [-0.2, 0) is 19.9 Å². The van der Waals surface area contributed by atoms with Crippen molar-refractivity contribution in [3.05, 3.63) is 60.2 Å². The van der Waals surface area contributed by atoms with Crippen LogP contribution in [0.2, 0.25) is 0 Å². The van der Waals surface area contributed by atoms with E-state index in [1.54, 1.807) is 36.4 Å². The minimum Gasteiger partial charge on any atom is -0.391 e. The zero-order chi connectivity index (χ0) is 19.0. The average molecular weight is 352 g/mol. The molecule has 0 aliphatic heterocycles. The highest BCUT2D eigenvalue weighted by atomic mass is 16.6. The summed E-state index contributed by atoms with van der Waals surface area (Å²) in [5, 5.41) is 8.70. The highest BCUT2D eigenvalue weighted by molar-refractivity contribution is 5.93. The Morgan fingerprint density at radius 2 is 1.88 bits per heavy atom. The fourth-order valence-electron chi connectivity index (χ4n) is 2.40. The Morgan fingerprint density at radius 1 is 1.23 bits per heavy atom. The summed E-state index contributed by atoms with van der Waals surface area (Å²) >= 11 is 0. The highest BCUT2D eigenvalue weighted by Crippen LogP contribution is 2.24. The summed E-state index contributed by atoms with van der Waals surface area (Å²) in [6.45, 7) is 1.49. The van der Waals surface area contributed by atoms with Gasteiger partial charge in [0.2, 0.25) is 0 Å². The van der Waals surface area contributed by atoms with Crippen LogP contribution in [0.1, 0.15) is 43.5 Å². The molecule has 2 atom stereocenters. The molecule has 7 nitrogen and oxygen atoms in total. The molecular weight excluding hydrogens is 332 g/mol. The van der Waals surface area contributed by atoms with Crippen LogP contribution in [0.4, 0.5) is 0 Å².